The van der Waals surface area contributed by atoms with Gasteiger partial charge >= 0.3 is 24.0 Å². The number of morpholine rings is 1. The van der Waals surface area contributed by atoms with E-state index in [1.165, 1.54) is 7.11 Å². The Labute approximate surface area is 421 Å². The number of carbonyl (C=O) groups excluding carboxylic acids is 6. The van der Waals surface area contributed by atoms with Crippen molar-refractivity contribution in [2.24, 2.45) is 17.6 Å². The van der Waals surface area contributed by atoms with Crippen LogP contribution < -0.4 is 30.9 Å². The van der Waals surface area contributed by atoms with Crippen molar-refractivity contribution in [3.05, 3.63) is 149 Å². The molecule has 0 bridgehead atoms. The van der Waals surface area contributed by atoms with E-state index in [4.69, 9.17) is 19.9 Å². The Hall–Kier alpha value is -8.34. The molecule has 4 aromatic carbocycles. The number of rotatable bonds is 12. The molecule has 1 aromatic heterocycles. The molecular weight excluding hydrogens is 935 g/mol. The van der Waals surface area contributed by atoms with Crippen LogP contribution in [-0.4, -0.2) is 126 Å². The molecule has 376 valence electrons. The van der Waals surface area contributed by atoms with Crippen LogP contribution in [0.25, 0.3) is 0 Å². The topological polar surface area (TPSA) is 239 Å². The number of benzene rings is 4. The van der Waals surface area contributed by atoms with Gasteiger partial charge in [-0.3, -0.25) is 19.3 Å². The molecule has 4 aliphatic heterocycles. The Morgan fingerprint density at radius 2 is 1.55 bits per heavy atom. The van der Waals surface area contributed by atoms with E-state index in [9.17, 15) is 14.7 Å². The number of anilines is 2. The number of imide groups is 1. The zero-order valence-corrected chi connectivity index (χ0v) is 40.4. The van der Waals surface area contributed by atoms with Crippen molar-refractivity contribution in [3.63, 3.8) is 0 Å². The van der Waals surface area contributed by atoms with Crippen molar-refractivity contribution < 1.29 is 48.1 Å². The third-order valence-corrected chi connectivity index (χ3v) is 13.9. The number of piperazine rings is 1. The Morgan fingerprint density at radius 1 is 0.863 bits per heavy atom. The molecule has 19 heteroatoms. The molecule has 5 N–H and O–H groups in total. The highest BCUT2D eigenvalue weighted by atomic mass is 16.6. The highest BCUT2D eigenvalue weighted by Crippen LogP contribution is 2.66. The number of ether oxygens (including phenoxy) is 3. The highest BCUT2D eigenvalue weighted by molar-refractivity contribution is 6.25. The second kappa shape index (κ2) is 21.2. The summed E-state index contributed by atoms with van der Waals surface area (Å²) in [6, 6.07) is 25.4. The van der Waals surface area contributed by atoms with Gasteiger partial charge in [0, 0.05) is 44.1 Å². The summed E-state index contributed by atoms with van der Waals surface area (Å²) in [5.74, 6) is 1.69. The summed E-state index contributed by atoms with van der Waals surface area (Å²) in [6.45, 7) is 3.86. The van der Waals surface area contributed by atoms with Gasteiger partial charge in [0.25, 0.3) is 0 Å². The van der Waals surface area contributed by atoms with Crippen LogP contribution in [0.1, 0.15) is 59.9 Å². The average molecular weight is 990 g/mol. The summed E-state index contributed by atoms with van der Waals surface area (Å²) < 4.78 is 17.7. The largest absolute Gasteiger partial charge is 0.491 e. The van der Waals surface area contributed by atoms with E-state index in [0.717, 1.165) is 4.90 Å². The van der Waals surface area contributed by atoms with Crippen molar-refractivity contribution in [2.45, 2.75) is 49.5 Å². The number of hydrogen-bond acceptors (Lipinski definition) is 14. The van der Waals surface area contributed by atoms with E-state index in [1.807, 2.05) is 70.5 Å². The van der Waals surface area contributed by atoms with Gasteiger partial charge in [-0.1, -0.05) is 98.5 Å². The first-order valence-corrected chi connectivity index (χ1v) is 24.0. The second-order valence-electron chi connectivity index (χ2n) is 18.4. The van der Waals surface area contributed by atoms with Gasteiger partial charge in [0.05, 0.1) is 44.0 Å². The number of methoxy groups -OCH3 is 1. The van der Waals surface area contributed by atoms with Crippen LogP contribution in [0.5, 0.6) is 5.75 Å². The van der Waals surface area contributed by atoms with Gasteiger partial charge in [0.15, 0.2) is 0 Å². The number of aliphatic hydroxyl groups excluding tert-OH is 1. The van der Waals surface area contributed by atoms with Crippen molar-refractivity contribution in [1.82, 2.24) is 30.4 Å². The van der Waals surface area contributed by atoms with Crippen molar-refractivity contribution in [2.75, 3.05) is 62.8 Å². The van der Waals surface area contributed by atoms with Gasteiger partial charge < -0.3 is 45.5 Å². The van der Waals surface area contributed by atoms with Crippen molar-refractivity contribution >= 4 is 47.5 Å². The zero-order valence-electron chi connectivity index (χ0n) is 40.4. The van der Waals surface area contributed by atoms with Gasteiger partial charge in [-0.05, 0) is 64.6 Å². The molecule has 4 aliphatic rings. The minimum absolute atomic E-state index is 0.0681. The predicted molar refractivity (Wildman–Crippen MR) is 265 cm³/mol. The third-order valence-electron chi connectivity index (χ3n) is 13.9. The van der Waals surface area contributed by atoms with Crippen LogP contribution >= 0.6 is 0 Å². The first kappa shape index (κ1) is 49.6. The predicted octanol–water partition coefficient (Wildman–Crippen LogP) is 3.79. The summed E-state index contributed by atoms with van der Waals surface area (Å²) in [6.07, 6.45) is 2.28. The monoisotopic (exact) mass is 989 g/mol. The van der Waals surface area contributed by atoms with Crippen molar-refractivity contribution in [1.29, 1.82) is 0 Å². The second-order valence-corrected chi connectivity index (χ2v) is 18.4. The number of aliphatic hydroxyl groups is 1. The van der Waals surface area contributed by atoms with Gasteiger partial charge in [-0.15, -0.1) is 0 Å². The molecule has 3 saturated heterocycles. The number of amides is 6. The Morgan fingerprint density at radius 3 is 2.21 bits per heavy atom. The maximum absolute atomic E-state index is 16.8. The Kier molecular flexibility index (Phi) is 14.4. The maximum atomic E-state index is 16.8. The summed E-state index contributed by atoms with van der Waals surface area (Å²) in [7, 11) is 1.20. The fourth-order valence-corrected chi connectivity index (χ4v) is 10.8. The average Bonchev–Trinajstić information content (AvgIpc) is 3.87. The molecule has 3 fully saturated rings. The molecule has 5 aromatic rings. The van der Waals surface area contributed by atoms with E-state index in [2.05, 4.69) is 32.4 Å². The van der Waals surface area contributed by atoms with E-state index < -0.39 is 83.3 Å². The molecule has 0 aliphatic carbocycles. The van der Waals surface area contributed by atoms with Gasteiger partial charge in [0.1, 0.15) is 36.0 Å². The molecule has 5 heterocycles. The van der Waals surface area contributed by atoms with E-state index >= 15 is 19.2 Å². The number of carbonyl (C=O) groups is 6. The van der Waals surface area contributed by atoms with Gasteiger partial charge in [-0.25, -0.2) is 29.3 Å². The summed E-state index contributed by atoms with van der Waals surface area (Å²) >= 11 is 0. The van der Waals surface area contributed by atoms with E-state index in [1.54, 1.807) is 79.7 Å². The lowest BCUT2D eigenvalue weighted by molar-refractivity contribution is -0.179. The number of hydrogen-bond donors (Lipinski definition) is 4. The number of cyclic esters (lactones) is 1. The summed E-state index contributed by atoms with van der Waals surface area (Å²) in [5, 5.41) is 15.1. The quantitative estimate of drug-likeness (QED) is 0.103. The molecule has 0 saturated carbocycles. The lowest BCUT2D eigenvalue weighted by Gasteiger charge is -2.46. The Bertz CT molecular complexity index is 2950. The molecule has 9 rings (SSSR count). The molecule has 0 radical (unpaired) electrons. The lowest BCUT2D eigenvalue weighted by atomic mass is 9.64. The number of esters is 2. The minimum Gasteiger partial charge on any atom is -0.491 e. The summed E-state index contributed by atoms with van der Waals surface area (Å²) in [5.41, 5.74) is 5.56. The van der Waals surface area contributed by atoms with Crippen LogP contribution in [0.4, 0.5) is 21.2 Å². The first-order valence-electron chi connectivity index (χ1n) is 24.0. The van der Waals surface area contributed by atoms with Crippen LogP contribution in [0.2, 0.25) is 0 Å². The number of aromatic nitrogens is 2. The van der Waals surface area contributed by atoms with Crippen molar-refractivity contribution in [3.8, 4) is 17.6 Å². The Balaban J connectivity index is 1.33. The maximum Gasteiger partial charge on any atom is 0.329 e. The van der Waals surface area contributed by atoms with E-state index in [0.29, 0.717) is 47.0 Å². The third kappa shape index (κ3) is 9.26. The molecule has 7 unspecified atom stereocenters. The smallest absolute Gasteiger partial charge is 0.329 e. The zero-order chi connectivity index (χ0) is 51.4. The SMILES string of the molecule is COC(=O)C(NC(=O)N1C(=O)C2(c3cc(C#CCNC(N)=O)ccc31)C(C(=O)N1CCN(c3ncccn3)CC1)C1C(=O)OC(c3ccccc3)C(c3ccccc3)N1C2c1cccc(OCCO)c1)C(C)C. The normalized spacial score (nSPS) is 22.6. The number of nitrogens with two attached hydrogens (primary N) is 1. The number of nitrogens with one attached hydrogen (secondary N) is 2. The van der Waals surface area contributed by atoms with Crippen LogP contribution in [0.15, 0.2) is 122 Å². The number of fused-ring (bicyclic) bond motifs is 3. The van der Waals surface area contributed by atoms with Gasteiger partial charge in [-0.2, -0.15) is 0 Å². The molecule has 73 heavy (non-hydrogen) atoms. The van der Waals surface area contributed by atoms with Gasteiger partial charge in [0.2, 0.25) is 17.8 Å². The number of nitrogens with zero attached hydrogens (tertiary/aromatic N) is 6. The van der Waals surface area contributed by atoms with Crippen LogP contribution in [0.3, 0.4) is 0 Å². The van der Waals surface area contributed by atoms with E-state index in [-0.39, 0.29) is 44.1 Å². The highest BCUT2D eigenvalue weighted by Gasteiger charge is 2.76. The van der Waals surface area contributed by atoms with Crippen LogP contribution in [0, 0.1) is 23.7 Å². The molecular formula is C54H55N9O10. The fraction of sp³-hybridized carbons (Fsp3) is 0.333. The number of urea groups is 2. The molecule has 19 nitrogen and oxygen atoms in total. The standard InChI is InChI=1S/C54H55N9O10/c1-33(2)42(48(66)71-3)59-53(70)62-40-21-20-34(13-11-22-56-51(55)69)31-39(40)54(50(62)68)41(47(65)60-25-27-61(28-26-60)52-57-23-12-24-58-52)44-49(67)73-45(36-16-8-5-9-17-36)43(35-14-6-4-7-15-35)63(44)46(54)37-18-10-19-38(32-37)72-30-29-64/h4-10,12,14-21,23-24,31-33,41-46,64H,22,25-30H2,1-3H3,(H,59,70)(H3,55,56,69). The first-order chi connectivity index (χ1) is 35.4. The number of primary amides is 1. The fourth-order valence-electron chi connectivity index (χ4n) is 10.8. The lowest BCUT2D eigenvalue weighted by Crippen LogP contribution is -2.60. The molecule has 7 atom stereocenters. The van der Waals surface area contributed by atoms with Crippen LogP contribution in [-0.2, 0) is 34.1 Å². The summed E-state index contributed by atoms with van der Waals surface area (Å²) in [4.78, 5) is 104. The molecule has 6 amide bonds. The minimum atomic E-state index is -2.16. The molecule has 1 spiro atoms.